The van der Waals surface area contributed by atoms with Crippen molar-refractivity contribution >= 4 is 23.4 Å². The van der Waals surface area contributed by atoms with Crippen LogP contribution in [0.25, 0.3) is 0 Å². The van der Waals surface area contributed by atoms with Crippen molar-refractivity contribution in [2.45, 2.75) is 51.7 Å². The molecule has 1 atom stereocenters. The Bertz CT molecular complexity index is 1180. The number of nitrogens with zero attached hydrogens (tertiary/aromatic N) is 1. The maximum Gasteiger partial charge on any atom is 0.243 e. The van der Waals surface area contributed by atoms with Gasteiger partial charge in [0.2, 0.25) is 11.8 Å². The van der Waals surface area contributed by atoms with Crippen LogP contribution in [-0.2, 0) is 29.0 Å². The van der Waals surface area contributed by atoms with Crippen molar-refractivity contribution < 1.29 is 19.1 Å². The number of carbonyl (C=O) groups is 2. The molecule has 7 heteroatoms. The minimum Gasteiger partial charge on any atom is -0.493 e. The number of rotatable bonds is 12. The van der Waals surface area contributed by atoms with E-state index in [4.69, 9.17) is 21.1 Å². The first-order chi connectivity index (χ1) is 17.8. The van der Waals surface area contributed by atoms with Gasteiger partial charge in [-0.3, -0.25) is 9.59 Å². The number of ether oxygens (including phenoxy) is 2. The van der Waals surface area contributed by atoms with Crippen molar-refractivity contribution in [2.24, 2.45) is 0 Å². The molecule has 0 aromatic heterocycles. The zero-order valence-corrected chi connectivity index (χ0v) is 22.6. The van der Waals surface area contributed by atoms with Crippen LogP contribution in [0.3, 0.4) is 0 Å². The lowest BCUT2D eigenvalue weighted by Gasteiger charge is -2.32. The van der Waals surface area contributed by atoms with Crippen LogP contribution in [0.5, 0.6) is 11.5 Å². The van der Waals surface area contributed by atoms with Crippen molar-refractivity contribution in [3.8, 4) is 11.5 Å². The number of halogens is 1. The van der Waals surface area contributed by atoms with E-state index >= 15 is 0 Å². The first-order valence-corrected chi connectivity index (χ1v) is 12.8. The summed E-state index contributed by atoms with van der Waals surface area (Å²) in [5.74, 6) is 0.921. The predicted molar refractivity (Wildman–Crippen MR) is 147 cm³/mol. The molecule has 2 amide bonds. The summed E-state index contributed by atoms with van der Waals surface area (Å²) >= 11 is 6.47. The molecule has 0 fully saturated rings. The minimum atomic E-state index is -0.695. The highest BCUT2D eigenvalue weighted by Crippen LogP contribution is 2.28. The molecular weight excluding hydrogens is 488 g/mol. The van der Waals surface area contributed by atoms with E-state index in [0.717, 1.165) is 16.7 Å². The summed E-state index contributed by atoms with van der Waals surface area (Å²) in [7, 11) is 3.17. The van der Waals surface area contributed by atoms with Crippen LogP contribution in [0.15, 0.2) is 72.8 Å². The fraction of sp³-hybridized carbons (Fsp3) is 0.333. The molecule has 0 aliphatic carbocycles. The van der Waals surface area contributed by atoms with Gasteiger partial charge in [-0.25, -0.2) is 0 Å². The molecule has 6 nitrogen and oxygen atoms in total. The Kier molecular flexibility index (Phi) is 10.4. The molecule has 196 valence electrons. The van der Waals surface area contributed by atoms with Crippen molar-refractivity contribution in [1.82, 2.24) is 10.2 Å². The maximum atomic E-state index is 13.8. The highest BCUT2D eigenvalue weighted by molar-refractivity contribution is 6.31. The zero-order valence-electron chi connectivity index (χ0n) is 21.9. The normalized spacial score (nSPS) is 11.6. The summed E-state index contributed by atoms with van der Waals surface area (Å²) < 4.78 is 10.7. The van der Waals surface area contributed by atoms with Crippen molar-refractivity contribution in [3.63, 3.8) is 0 Å². The van der Waals surface area contributed by atoms with E-state index in [0.29, 0.717) is 29.4 Å². The maximum absolute atomic E-state index is 13.8. The molecule has 3 aromatic carbocycles. The van der Waals surface area contributed by atoms with Crippen molar-refractivity contribution in [2.75, 3.05) is 14.2 Å². The van der Waals surface area contributed by atoms with E-state index in [1.54, 1.807) is 25.2 Å². The van der Waals surface area contributed by atoms with Gasteiger partial charge in [-0.15, -0.1) is 0 Å². The van der Waals surface area contributed by atoms with Crippen molar-refractivity contribution in [1.29, 1.82) is 0 Å². The van der Waals surface area contributed by atoms with Gasteiger partial charge in [-0.05, 0) is 55.2 Å². The van der Waals surface area contributed by atoms with Gasteiger partial charge >= 0.3 is 0 Å². The number of methoxy groups -OCH3 is 2. The molecular formula is C30H35ClN2O4. The lowest BCUT2D eigenvalue weighted by molar-refractivity contribution is -0.141. The number of hydrogen-bond donors (Lipinski definition) is 1. The molecule has 1 N–H and O–H groups in total. The van der Waals surface area contributed by atoms with Gasteiger partial charge in [0, 0.05) is 30.5 Å². The fourth-order valence-corrected chi connectivity index (χ4v) is 4.37. The first-order valence-electron chi connectivity index (χ1n) is 12.4. The monoisotopic (exact) mass is 522 g/mol. The van der Waals surface area contributed by atoms with Gasteiger partial charge < -0.3 is 19.7 Å². The Morgan fingerprint density at radius 1 is 0.892 bits per heavy atom. The van der Waals surface area contributed by atoms with Crippen molar-refractivity contribution in [3.05, 3.63) is 94.5 Å². The molecule has 0 spiro atoms. The van der Waals surface area contributed by atoms with Crippen LogP contribution in [0.2, 0.25) is 5.02 Å². The van der Waals surface area contributed by atoms with Gasteiger partial charge in [0.25, 0.3) is 0 Å². The highest BCUT2D eigenvalue weighted by atomic mass is 35.5. The number of benzene rings is 3. The average molecular weight is 523 g/mol. The Morgan fingerprint density at radius 2 is 1.57 bits per heavy atom. The molecule has 0 aliphatic heterocycles. The van der Waals surface area contributed by atoms with Crippen LogP contribution in [-0.4, -0.2) is 43.0 Å². The quantitative estimate of drug-likeness (QED) is 0.343. The summed E-state index contributed by atoms with van der Waals surface area (Å²) in [5, 5.41) is 3.56. The Morgan fingerprint density at radius 3 is 2.22 bits per heavy atom. The predicted octanol–water partition coefficient (Wildman–Crippen LogP) is 5.45. The largest absolute Gasteiger partial charge is 0.493 e. The van der Waals surface area contributed by atoms with E-state index in [2.05, 4.69) is 5.32 Å². The van der Waals surface area contributed by atoms with Crippen LogP contribution < -0.4 is 14.8 Å². The molecule has 0 radical (unpaired) electrons. The molecule has 37 heavy (non-hydrogen) atoms. The van der Waals surface area contributed by atoms with Gasteiger partial charge in [0.15, 0.2) is 11.5 Å². The third-order valence-electron chi connectivity index (χ3n) is 6.08. The lowest BCUT2D eigenvalue weighted by atomic mass is 10.0. The number of hydrogen-bond acceptors (Lipinski definition) is 4. The van der Waals surface area contributed by atoms with Crippen LogP contribution >= 0.6 is 11.6 Å². The fourth-order valence-electron chi connectivity index (χ4n) is 4.18. The Hall–Kier alpha value is -3.51. The second kappa shape index (κ2) is 13.7. The first kappa shape index (κ1) is 28.1. The molecule has 0 saturated carbocycles. The topological polar surface area (TPSA) is 67.9 Å². The third kappa shape index (κ3) is 7.99. The molecule has 0 heterocycles. The standard InChI is InChI=1S/C30H35ClN2O4/c1-21(2)32-30(35)26(18-22-10-6-5-7-11-22)33(20-24-12-8-9-13-25(24)31)29(34)17-15-23-14-16-27(36-3)28(19-23)37-4/h5-14,16,19,21,26H,15,17-18,20H2,1-4H3,(H,32,35)/t26-/m0/s1. The van der Waals surface area contributed by atoms with Gasteiger partial charge in [-0.2, -0.15) is 0 Å². The lowest BCUT2D eigenvalue weighted by Crippen LogP contribution is -2.51. The third-order valence-corrected chi connectivity index (χ3v) is 6.44. The van der Waals surface area contributed by atoms with E-state index in [-0.39, 0.29) is 30.8 Å². The SMILES string of the molecule is COc1ccc(CCC(=O)N(Cc2ccccc2Cl)[C@@H](Cc2ccccc2)C(=O)NC(C)C)cc1OC. The molecule has 0 bridgehead atoms. The molecule has 3 aromatic rings. The van der Waals surface area contributed by atoms with Gasteiger partial charge in [0.05, 0.1) is 14.2 Å². The molecule has 3 rings (SSSR count). The average Bonchev–Trinajstić information content (AvgIpc) is 2.90. The second-order valence-corrected chi connectivity index (χ2v) is 9.58. The number of nitrogens with one attached hydrogen (secondary N) is 1. The summed E-state index contributed by atoms with van der Waals surface area (Å²) in [5.41, 5.74) is 2.71. The Balaban J connectivity index is 1.91. The Labute approximate surface area is 224 Å². The van der Waals surface area contributed by atoms with E-state index < -0.39 is 6.04 Å². The van der Waals surface area contributed by atoms with E-state index in [1.807, 2.05) is 80.6 Å². The van der Waals surface area contributed by atoms with Crippen LogP contribution in [0.1, 0.15) is 37.0 Å². The zero-order chi connectivity index (χ0) is 26.8. The summed E-state index contributed by atoms with van der Waals surface area (Å²) in [6, 6.07) is 22.0. The number of carbonyl (C=O) groups excluding carboxylic acids is 2. The highest BCUT2D eigenvalue weighted by Gasteiger charge is 2.31. The molecule has 0 aliphatic rings. The molecule has 0 unspecified atom stereocenters. The second-order valence-electron chi connectivity index (χ2n) is 9.17. The number of amides is 2. The van der Waals surface area contributed by atoms with Crippen LogP contribution in [0.4, 0.5) is 0 Å². The van der Waals surface area contributed by atoms with Crippen LogP contribution in [0, 0.1) is 0 Å². The smallest absolute Gasteiger partial charge is 0.243 e. The summed E-state index contributed by atoms with van der Waals surface area (Å²) in [4.78, 5) is 28.9. The van der Waals surface area contributed by atoms with E-state index in [9.17, 15) is 9.59 Å². The van der Waals surface area contributed by atoms with Gasteiger partial charge in [-0.1, -0.05) is 66.2 Å². The minimum absolute atomic E-state index is 0.0604. The number of aryl methyl sites for hydroxylation is 1. The molecule has 0 saturated heterocycles. The van der Waals surface area contributed by atoms with E-state index in [1.165, 1.54) is 0 Å². The van der Waals surface area contributed by atoms with Gasteiger partial charge in [0.1, 0.15) is 6.04 Å². The summed E-state index contributed by atoms with van der Waals surface area (Å²) in [6.45, 7) is 4.05. The summed E-state index contributed by atoms with van der Waals surface area (Å²) in [6.07, 6.45) is 1.11.